The summed E-state index contributed by atoms with van der Waals surface area (Å²) >= 11 is 0. The number of carbonyl (C=O) groups is 1. The largest absolute Gasteiger partial charge is 0.431 e. The van der Waals surface area contributed by atoms with Gasteiger partial charge in [-0.2, -0.15) is 18.3 Å². The number of benzene rings is 2. The second-order valence-electron chi connectivity index (χ2n) is 9.00. The second-order valence-corrected chi connectivity index (χ2v) is 9.00. The molecule has 4 rings (SSSR count). The third-order valence-corrected chi connectivity index (χ3v) is 6.70. The Hall–Kier alpha value is -3.49. The quantitative estimate of drug-likeness (QED) is 0.358. The zero-order valence-corrected chi connectivity index (χ0v) is 22.1. The van der Waals surface area contributed by atoms with Crippen LogP contribution < -0.4 is 4.90 Å². The number of carbonyl (C=O) groups excluding carboxylic acids is 1. The average Bonchev–Trinajstić information content (AvgIpc) is 3.45. The topological polar surface area (TPSA) is 48.3 Å². The first-order chi connectivity index (χ1) is 18.2. The van der Waals surface area contributed by atoms with Crippen LogP contribution in [0.15, 0.2) is 71.0 Å². The molecular weight excluding hydrogens is 496 g/mol. The van der Waals surface area contributed by atoms with E-state index in [2.05, 4.69) is 16.8 Å². The maximum absolute atomic E-state index is 15.2. The van der Waals surface area contributed by atoms with Gasteiger partial charge in [0.15, 0.2) is 0 Å². The van der Waals surface area contributed by atoms with Crippen LogP contribution in [-0.2, 0) is 11.3 Å². The lowest BCUT2D eigenvalue weighted by molar-refractivity contribution is -0.132. The molecule has 0 aliphatic carbocycles. The lowest BCUT2D eigenvalue weighted by Gasteiger charge is -2.37. The smallest absolute Gasteiger partial charge is 0.343 e. The number of para-hydroxylation sites is 1. The highest BCUT2D eigenvalue weighted by Gasteiger charge is 2.39. The van der Waals surface area contributed by atoms with E-state index in [0.717, 1.165) is 24.2 Å². The van der Waals surface area contributed by atoms with Crippen molar-refractivity contribution in [3.63, 3.8) is 0 Å². The van der Waals surface area contributed by atoms with E-state index in [4.69, 9.17) is 0 Å². The van der Waals surface area contributed by atoms with E-state index < -0.39 is 24.1 Å². The number of hydrogen-bond acceptors (Lipinski definition) is 4. The maximum atomic E-state index is 15.2. The first-order valence-electron chi connectivity index (χ1n) is 13.0. The molecule has 9 heteroatoms. The summed E-state index contributed by atoms with van der Waals surface area (Å²) in [5.74, 6) is -0.257. The van der Waals surface area contributed by atoms with Crippen LogP contribution in [-0.4, -0.2) is 41.5 Å². The highest BCUT2D eigenvalue weighted by molar-refractivity contribution is 6.16. The molecule has 2 aliphatic heterocycles. The molecule has 38 heavy (non-hydrogen) atoms. The summed E-state index contributed by atoms with van der Waals surface area (Å²) in [6.45, 7) is 11.7. The molecule has 0 unspecified atom stereocenters. The Labute approximate surface area is 221 Å². The number of likely N-dealkylation sites (tertiary alicyclic amines) is 1. The number of alkyl halides is 3. The number of amides is 1. The van der Waals surface area contributed by atoms with E-state index in [1.807, 2.05) is 60.9 Å². The minimum atomic E-state index is -4.56. The van der Waals surface area contributed by atoms with E-state index in [0.29, 0.717) is 25.1 Å². The van der Waals surface area contributed by atoms with Crippen molar-refractivity contribution in [2.45, 2.75) is 59.2 Å². The fourth-order valence-corrected chi connectivity index (χ4v) is 4.56. The standard InChI is InChI=1S/C27H28F4N4O.C2H6/c1-3-26(36)34-13-11-19(12-14-34)18(2)35(22-7-5-4-6-8-22)17-21-10-9-20(15-23(21)28)24-16-25(33-32-24)27(29,30)31;1-2/h4-10,15,19H,2-3,11-14,16-17H2,1H3;1-2H3. The lowest BCUT2D eigenvalue weighted by atomic mass is 9.92. The minimum absolute atomic E-state index is 0.0884. The van der Waals surface area contributed by atoms with Gasteiger partial charge in [-0.15, -0.1) is 5.10 Å². The average molecular weight is 531 g/mol. The van der Waals surface area contributed by atoms with E-state index in [1.54, 1.807) is 12.1 Å². The van der Waals surface area contributed by atoms with Crippen molar-refractivity contribution in [1.29, 1.82) is 0 Å². The van der Waals surface area contributed by atoms with Crippen LogP contribution in [0.3, 0.4) is 0 Å². The molecule has 2 aromatic carbocycles. The Bertz CT molecular complexity index is 1180. The molecule has 0 radical (unpaired) electrons. The molecule has 1 amide bonds. The summed E-state index contributed by atoms with van der Waals surface area (Å²) in [7, 11) is 0. The maximum Gasteiger partial charge on any atom is 0.431 e. The summed E-state index contributed by atoms with van der Waals surface area (Å²) in [6, 6.07) is 13.9. The lowest BCUT2D eigenvalue weighted by Crippen LogP contribution is -2.40. The number of rotatable bonds is 7. The van der Waals surface area contributed by atoms with Gasteiger partial charge in [0.2, 0.25) is 5.91 Å². The molecule has 204 valence electrons. The molecule has 1 fully saturated rings. The van der Waals surface area contributed by atoms with E-state index in [1.165, 1.54) is 6.07 Å². The monoisotopic (exact) mass is 530 g/mol. The number of hydrogen-bond donors (Lipinski definition) is 0. The van der Waals surface area contributed by atoms with Crippen molar-refractivity contribution in [3.05, 3.63) is 77.8 Å². The first kappa shape index (κ1) is 29.1. The molecule has 2 heterocycles. The molecule has 5 nitrogen and oxygen atoms in total. The first-order valence-corrected chi connectivity index (χ1v) is 13.0. The van der Waals surface area contributed by atoms with E-state index in [-0.39, 0.29) is 29.6 Å². The zero-order valence-electron chi connectivity index (χ0n) is 22.1. The van der Waals surface area contributed by atoms with Gasteiger partial charge in [-0.05, 0) is 31.0 Å². The Kier molecular flexibility index (Phi) is 9.83. The number of nitrogens with zero attached hydrogens (tertiary/aromatic N) is 4. The van der Waals surface area contributed by atoms with Crippen molar-refractivity contribution < 1.29 is 22.4 Å². The molecule has 1 saturated heterocycles. The fraction of sp³-hybridized carbons (Fsp3) is 0.414. The zero-order chi connectivity index (χ0) is 27.9. The molecule has 2 aliphatic rings. The van der Waals surface area contributed by atoms with E-state index in [9.17, 15) is 18.0 Å². The summed E-state index contributed by atoms with van der Waals surface area (Å²) in [6.07, 6.45) is -3.00. The molecule has 0 saturated carbocycles. The third kappa shape index (κ3) is 6.88. The molecular formula is C29H34F4N4O. The van der Waals surface area contributed by atoms with Crippen LogP contribution in [0.25, 0.3) is 0 Å². The van der Waals surface area contributed by atoms with Gasteiger partial charge in [-0.3, -0.25) is 4.79 Å². The predicted molar refractivity (Wildman–Crippen MR) is 144 cm³/mol. The highest BCUT2D eigenvalue weighted by atomic mass is 19.4. The molecule has 2 aromatic rings. The summed E-state index contributed by atoms with van der Waals surface area (Å²) in [4.78, 5) is 15.9. The van der Waals surface area contributed by atoms with Crippen LogP contribution in [0.2, 0.25) is 0 Å². The van der Waals surface area contributed by atoms with Crippen molar-refractivity contribution >= 4 is 23.0 Å². The van der Waals surface area contributed by atoms with Gasteiger partial charge in [-0.25, -0.2) is 4.39 Å². The Morgan fingerprint density at radius 1 is 1.08 bits per heavy atom. The third-order valence-electron chi connectivity index (χ3n) is 6.70. The number of piperidine rings is 1. The van der Waals surface area contributed by atoms with E-state index >= 15 is 4.39 Å². The molecule has 0 aromatic heterocycles. The Morgan fingerprint density at radius 2 is 1.74 bits per heavy atom. The van der Waals surface area contributed by atoms with Crippen molar-refractivity contribution in [2.75, 3.05) is 18.0 Å². The summed E-state index contributed by atoms with van der Waals surface area (Å²) in [5, 5.41) is 6.83. The van der Waals surface area contributed by atoms with Gasteiger partial charge in [0.1, 0.15) is 11.5 Å². The normalized spacial score (nSPS) is 15.8. The van der Waals surface area contributed by atoms with Gasteiger partial charge in [0.05, 0.1) is 12.3 Å². The Balaban J connectivity index is 0.00000195. The van der Waals surface area contributed by atoms with Crippen LogP contribution in [0.4, 0.5) is 23.2 Å². The van der Waals surface area contributed by atoms with Crippen molar-refractivity contribution in [3.8, 4) is 0 Å². The molecule has 0 N–H and O–H groups in total. The molecule has 0 spiro atoms. The van der Waals surface area contributed by atoms with Gasteiger partial charge in [-0.1, -0.05) is 57.7 Å². The summed E-state index contributed by atoms with van der Waals surface area (Å²) < 4.78 is 53.9. The number of halogens is 4. The second kappa shape index (κ2) is 12.8. The van der Waals surface area contributed by atoms with Crippen molar-refractivity contribution in [1.82, 2.24) is 4.90 Å². The van der Waals surface area contributed by atoms with Crippen molar-refractivity contribution in [2.24, 2.45) is 16.1 Å². The van der Waals surface area contributed by atoms with Gasteiger partial charge >= 0.3 is 6.18 Å². The predicted octanol–water partition coefficient (Wildman–Crippen LogP) is 7.13. The minimum Gasteiger partial charge on any atom is -0.343 e. The van der Waals surface area contributed by atoms with Crippen LogP contribution >= 0.6 is 0 Å². The molecule has 0 bridgehead atoms. The number of allylic oxidation sites excluding steroid dienone is 1. The van der Waals surface area contributed by atoms with Crippen LogP contribution in [0, 0.1) is 11.7 Å². The van der Waals surface area contributed by atoms with Gasteiger partial charge < -0.3 is 9.80 Å². The Morgan fingerprint density at radius 3 is 2.29 bits per heavy atom. The van der Waals surface area contributed by atoms with Crippen LogP contribution in [0.1, 0.15) is 57.6 Å². The van der Waals surface area contributed by atoms with Crippen LogP contribution in [0.5, 0.6) is 0 Å². The highest BCUT2D eigenvalue weighted by Crippen LogP contribution is 2.32. The fourth-order valence-electron chi connectivity index (χ4n) is 4.56. The molecule has 0 atom stereocenters. The van der Waals surface area contributed by atoms with Gasteiger partial charge in [0.25, 0.3) is 0 Å². The van der Waals surface area contributed by atoms with Gasteiger partial charge in [0, 0.05) is 54.4 Å². The SMILES string of the molecule is C=C(C1CCN(C(=O)CC)CC1)N(Cc1ccc(C2=NN=C(C(F)(F)F)C2)cc1F)c1ccccc1.CC. The summed E-state index contributed by atoms with van der Waals surface area (Å²) in [5.41, 5.74) is 1.47. The number of anilines is 1.